The predicted octanol–water partition coefficient (Wildman–Crippen LogP) is 4.21. The number of rotatable bonds is 2. The largest absolute Gasteiger partial charge is 0.390 e. The van der Waals surface area contributed by atoms with Crippen molar-refractivity contribution in [3.8, 4) is 6.19 Å². The van der Waals surface area contributed by atoms with Gasteiger partial charge in [0.25, 0.3) is 0 Å². The van der Waals surface area contributed by atoms with Crippen molar-refractivity contribution < 1.29 is 18.6 Å². The summed E-state index contributed by atoms with van der Waals surface area (Å²) in [5.74, 6) is -1.03. The van der Waals surface area contributed by atoms with E-state index in [-0.39, 0.29) is 30.2 Å². The summed E-state index contributed by atoms with van der Waals surface area (Å²) >= 11 is 0. The number of fused-ring (bicyclic) bond motifs is 3. The maximum Gasteiger partial charge on any atom is 0.219 e. The van der Waals surface area contributed by atoms with Gasteiger partial charge in [-0.3, -0.25) is 0 Å². The van der Waals surface area contributed by atoms with Crippen LogP contribution >= 0.6 is 0 Å². The van der Waals surface area contributed by atoms with Gasteiger partial charge in [0.15, 0.2) is 0 Å². The minimum atomic E-state index is -0.604. The molecule has 2 unspecified atom stereocenters. The number of β-amino-alcohol motifs (C(OH)–C–C–N with tert-alkyl or cyclic N) is 1. The van der Waals surface area contributed by atoms with Crippen molar-refractivity contribution in [1.29, 1.82) is 5.26 Å². The summed E-state index contributed by atoms with van der Waals surface area (Å²) in [6, 6.07) is 10.5. The van der Waals surface area contributed by atoms with E-state index in [0.717, 1.165) is 40.7 Å². The van der Waals surface area contributed by atoms with E-state index in [1.807, 2.05) is 48.1 Å². The van der Waals surface area contributed by atoms with E-state index in [4.69, 9.17) is 4.74 Å². The molecule has 1 aliphatic carbocycles. The molecule has 7 nitrogen and oxygen atoms in total. The molecular formula is C29H27F2N5O2. The van der Waals surface area contributed by atoms with Gasteiger partial charge in [-0.1, -0.05) is 30.4 Å². The fourth-order valence-corrected chi connectivity index (χ4v) is 5.83. The molecule has 3 heterocycles. The molecular weight excluding hydrogens is 488 g/mol. The number of likely N-dealkylation sites (tertiary alicyclic amines) is 1. The topological polar surface area (TPSA) is 89.6 Å². The van der Waals surface area contributed by atoms with Crippen LogP contribution in [-0.2, 0) is 11.3 Å². The molecule has 9 heteroatoms. The standard InChI is InChI=1S/C29H27F2N5O2/c1-35-10-9-26(27(37)14-35)36-25-8-5-17(12-24(25)34-29(36)33-16-32)11-21-19-3-2-4-23(31)22(19)15-38-28-13-18(30)6-7-20(21)28/h2-8,11-13,20,26-28,37H,9-10,14-15H2,1H3,(H,33,34)/b21-11+/t20?,26-,27-,28?/m0/s1. The molecule has 0 saturated carbocycles. The molecule has 4 atom stereocenters. The van der Waals surface area contributed by atoms with Crippen molar-refractivity contribution in [3.63, 3.8) is 0 Å². The molecule has 3 aliphatic rings. The van der Waals surface area contributed by atoms with E-state index in [1.54, 1.807) is 12.1 Å². The minimum absolute atomic E-state index is 0.0473. The van der Waals surface area contributed by atoms with Gasteiger partial charge in [0.1, 0.15) is 11.6 Å². The van der Waals surface area contributed by atoms with Crippen LogP contribution in [0.2, 0.25) is 0 Å². The summed E-state index contributed by atoms with van der Waals surface area (Å²) in [7, 11) is 1.97. The van der Waals surface area contributed by atoms with Gasteiger partial charge in [0, 0.05) is 24.6 Å². The second-order valence-corrected chi connectivity index (χ2v) is 10.1. The Morgan fingerprint density at radius 1 is 1.26 bits per heavy atom. The van der Waals surface area contributed by atoms with E-state index in [0.29, 0.717) is 17.7 Å². The van der Waals surface area contributed by atoms with Crippen LogP contribution in [0.3, 0.4) is 0 Å². The van der Waals surface area contributed by atoms with E-state index < -0.39 is 12.2 Å². The normalized spacial score (nSPS) is 27.1. The summed E-state index contributed by atoms with van der Waals surface area (Å²) in [4.78, 5) is 9.31. The van der Waals surface area contributed by atoms with E-state index in [2.05, 4.69) is 14.9 Å². The molecule has 2 aliphatic heterocycles. The molecule has 0 amide bonds. The Labute approximate surface area is 218 Å². The number of hydrogen-bond acceptors (Lipinski definition) is 5. The van der Waals surface area contributed by atoms with Gasteiger partial charge in [-0.2, -0.15) is 5.26 Å². The number of nitrogens with zero attached hydrogens (tertiary/aromatic N) is 4. The first-order chi connectivity index (χ1) is 18.4. The van der Waals surface area contributed by atoms with Gasteiger partial charge in [-0.05, 0) is 60.5 Å². The Bertz CT molecular complexity index is 1610. The molecule has 0 radical (unpaired) electrons. The van der Waals surface area contributed by atoms with E-state index in [9.17, 15) is 19.1 Å². The number of H-pyrrole nitrogens is 1. The summed E-state index contributed by atoms with van der Waals surface area (Å²) in [5.41, 5.74) is 4.80. The molecule has 2 N–H and O–H groups in total. The number of ether oxygens (including phenoxy) is 1. The number of imidazole rings is 1. The molecule has 1 fully saturated rings. The Morgan fingerprint density at radius 2 is 2.13 bits per heavy atom. The third-order valence-electron chi connectivity index (χ3n) is 7.66. The summed E-state index contributed by atoms with van der Waals surface area (Å²) in [6.07, 6.45) is 8.01. The second-order valence-electron chi connectivity index (χ2n) is 10.1. The number of benzene rings is 2. The van der Waals surface area contributed by atoms with Gasteiger partial charge in [-0.15, -0.1) is 4.99 Å². The summed E-state index contributed by atoms with van der Waals surface area (Å²) < 4.78 is 36.7. The number of aliphatic hydroxyl groups excluding tert-OH is 1. The van der Waals surface area contributed by atoms with E-state index >= 15 is 0 Å². The first-order valence-corrected chi connectivity index (χ1v) is 12.6. The highest BCUT2D eigenvalue weighted by molar-refractivity contribution is 5.88. The molecule has 1 aromatic heterocycles. The van der Waals surface area contributed by atoms with Crippen molar-refractivity contribution in [1.82, 2.24) is 14.5 Å². The lowest BCUT2D eigenvalue weighted by Crippen LogP contribution is -2.44. The van der Waals surface area contributed by atoms with Crippen LogP contribution in [0.15, 0.2) is 65.4 Å². The van der Waals surface area contributed by atoms with Crippen LogP contribution in [0.1, 0.15) is 29.2 Å². The summed E-state index contributed by atoms with van der Waals surface area (Å²) in [6.45, 7) is 1.40. The Morgan fingerprint density at radius 3 is 2.95 bits per heavy atom. The zero-order valence-electron chi connectivity index (χ0n) is 20.8. The third kappa shape index (κ3) is 4.31. The number of nitrogens with one attached hydrogen (secondary N) is 1. The average molecular weight is 516 g/mol. The molecule has 6 rings (SSSR count). The zero-order chi connectivity index (χ0) is 26.4. The number of aromatic nitrogens is 2. The van der Waals surface area contributed by atoms with Crippen LogP contribution in [-0.4, -0.2) is 51.9 Å². The smallest absolute Gasteiger partial charge is 0.219 e. The SMILES string of the molecule is CN1CC[C@H](n2/c(=N/C#N)[nH]c3cc(/C=C4\c5cccc(F)c5COC5C=C(F)C=CC45)ccc32)[C@@H](O)C1. The van der Waals surface area contributed by atoms with Crippen molar-refractivity contribution >= 4 is 22.7 Å². The lowest BCUT2D eigenvalue weighted by molar-refractivity contribution is 0.0381. The first kappa shape index (κ1) is 24.5. The van der Waals surface area contributed by atoms with Gasteiger partial charge < -0.3 is 24.3 Å². The number of halogens is 2. The molecule has 1 saturated heterocycles. The molecule has 2 aromatic carbocycles. The highest BCUT2D eigenvalue weighted by Gasteiger charge is 2.32. The van der Waals surface area contributed by atoms with Crippen molar-refractivity contribution in [3.05, 3.63) is 88.6 Å². The van der Waals surface area contributed by atoms with Crippen molar-refractivity contribution in [2.24, 2.45) is 10.9 Å². The summed E-state index contributed by atoms with van der Waals surface area (Å²) in [5, 5.41) is 20.1. The fraction of sp³-hybridized carbons (Fsp3) is 0.310. The lowest BCUT2D eigenvalue weighted by atomic mass is 9.83. The monoisotopic (exact) mass is 515 g/mol. The van der Waals surface area contributed by atoms with Crippen LogP contribution in [0.25, 0.3) is 22.7 Å². The number of nitriles is 1. The molecule has 194 valence electrons. The van der Waals surface area contributed by atoms with Crippen LogP contribution in [0.4, 0.5) is 8.78 Å². The highest BCUT2D eigenvalue weighted by atomic mass is 19.1. The third-order valence-corrected chi connectivity index (χ3v) is 7.66. The number of likely N-dealkylation sites (N-methyl/N-ethyl adjacent to an activating group) is 1. The minimum Gasteiger partial charge on any atom is -0.390 e. The number of allylic oxidation sites excluding steroid dienone is 2. The predicted molar refractivity (Wildman–Crippen MR) is 139 cm³/mol. The first-order valence-electron chi connectivity index (χ1n) is 12.6. The molecule has 38 heavy (non-hydrogen) atoms. The van der Waals surface area contributed by atoms with Crippen LogP contribution in [0, 0.1) is 23.2 Å². The number of hydrogen-bond donors (Lipinski definition) is 2. The van der Waals surface area contributed by atoms with Crippen LogP contribution < -0.4 is 5.62 Å². The maximum atomic E-state index is 14.8. The maximum absolute atomic E-state index is 14.8. The lowest BCUT2D eigenvalue weighted by Gasteiger charge is -2.34. The molecule has 3 aromatic rings. The Kier molecular flexibility index (Phi) is 6.32. The second kappa shape index (κ2) is 9.80. The highest BCUT2D eigenvalue weighted by Crippen LogP contribution is 2.40. The van der Waals surface area contributed by atoms with Crippen molar-refractivity contribution in [2.75, 3.05) is 20.1 Å². The van der Waals surface area contributed by atoms with E-state index in [1.165, 1.54) is 18.2 Å². The Hall–Kier alpha value is -3.84. The van der Waals surface area contributed by atoms with Gasteiger partial charge in [0.2, 0.25) is 11.8 Å². The van der Waals surface area contributed by atoms with Gasteiger partial charge in [-0.25, -0.2) is 8.78 Å². The zero-order valence-corrected chi connectivity index (χ0v) is 20.8. The van der Waals surface area contributed by atoms with Gasteiger partial charge in [0.05, 0.1) is 35.9 Å². The fourth-order valence-electron chi connectivity index (χ4n) is 5.83. The quantitative estimate of drug-likeness (QED) is 0.501. The average Bonchev–Trinajstić information content (AvgIpc) is 3.15. The van der Waals surface area contributed by atoms with Crippen molar-refractivity contribution in [2.45, 2.75) is 31.3 Å². The number of aromatic amines is 1. The molecule has 0 spiro atoms. The van der Waals surface area contributed by atoms with Gasteiger partial charge >= 0.3 is 0 Å². The number of aliphatic hydroxyl groups is 1. The number of piperidine rings is 1. The Balaban J connectivity index is 1.48. The van der Waals surface area contributed by atoms with Crippen LogP contribution in [0.5, 0.6) is 0 Å². The molecule has 0 bridgehead atoms.